The van der Waals surface area contributed by atoms with Gasteiger partial charge in [0.05, 0.1) is 10.7 Å². The van der Waals surface area contributed by atoms with Gasteiger partial charge in [-0.1, -0.05) is 23.7 Å². The van der Waals surface area contributed by atoms with Crippen molar-refractivity contribution in [1.82, 2.24) is 5.32 Å². The summed E-state index contributed by atoms with van der Waals surface area (Å²) in [6, 6.07) is 6.27. The zero-order valence-electron chi connectivity index (χ0n) is 13.8. The fraction of sp³-hybridized carbons (Fsp3) is 0.500. The second kappa shape index (κ2) is 9.03. The first kappa shape index (κ1) is 19.6. The number of nitrogens with one attached hydrogen (secondary N) is 2. The van der Waals surface area contributed by atoms with Crippen LogP contribution in [0.2, 0.25) is 5.02 Å². The van der Waals surface area contributed by atoms with Gasteiger partial charge in [-0.25, -0.2) is 4.79 Å². The number of alkyl carbamates (subject to hydrolysis) is 1. The maximum absolute atomic E-state index is 12.4. The topological polar surface area (TPSA) is 67.4 Å². The van der Waals surface area contributed by atoms with Gasteiger partial charge in [0.25, 0.3) is 0 Å². The first-order valence-electron chi connectivity index (χ1n) is 7.27. The molecule has 1 rings (SSSR count). The largest absolute Gasteiger partial charge is 0.444 e. The van der Waals surface area contributed by atoms with E-state index in [2.05, 4.69) is 10.6 Å². The molecular weight excluding hydrogens is 336 g/mol. The first-order chi connectivity index (χ1) is 10.7. The van der Waals surface area contributed by atoms with E-state index in [1.54, 1.807) is 56.8 Å². The van der Waals surface area contributed by atoms with Gasteiger partial charge in [-0.15, -0.1) is 0 Å². The molecule has 7 heteroatoms. The van der Waals surface area contributed by atoms with E-state index in [4.69, 9.17) is 16.3 Å². The second-order valence-corrected chi connectivity index (χ2v) is 7.34. The quantitative estimate of drug-likeness (QED) is 0.808. The first-order valence-corrected chi connectivity index (χ1v) is 9.04. The molecular formula is C16H23ClN2O3S. The Balaban J connectivity index is 2.74. The van der Waals surface area contributed by atoms with Gasteiger partial charge in [-0.05, 0) is 51.3 Å². The summed E-state index contributed by atoms with van der Waals surface area (Å²) in [5.41, 5.74) is -0.104. The van der Waals surface area contributed by atoms with Crippen LogP contribution in [0.4, 0.5) is 10.5 Å². The SMILES string of the molecule is CSCC[C@H](NC(=O)OC(C)(C)C)C(=O)Nc1ccccc1Cl. The van der Waals surface area contributed by atoms with Crippen molar-refractivity contribution < 1.29 is 14.3 Å². The summed E-state index contributed by atoms with van der Waals surface area (Å²) in [5, 5.41) is 5.80. The Bertz CT molecular complexity index is 546. The summed E-state index contributed by atoms with van der Waals surface area (Å²) < 4.78 is 5.21. The predicted octanol–water partition coefficient (Wildman–Crippen LogP) is 3.92. The van der Waals surface area contributed by atoms with E-state index in [1.165, 1.54) is 0 Å². The highest BCUT2D eigenvalue weighted by Gasteiger charge is 2.24. The van der Waals surface area contributed by atoms with Crippen LogP contribution >= 0.6 is 23.4 Å². The maximum Gasteiger partial charge on any atom is 0.408 e. The molecule has 0 spiro atoms. The van der Waals surface area contributed by atoms with E-state index in [9.17, 15) is 9.59 Å². The molecule has 0 aliphatic rings. The fourth-order valence-electron chi connectivity index (χ4n) is 1.74. The molecule has 0 saturated carbocycles. The van der Waals surface area contributed by atoms with Crippen LogP contribution in [0, 0.1) is 0 Å². The Hall–Kier alpha value is -1.40. The number of hydrogen-bond acceptors (Lipinski definition) is 4. The summed E-state index contributed by atoms with van der Waals surface area (Å²) >= 11 is 7.64. The second-order valence-electron chi connectivity index (χ2n) is 5.95. The zero-order chi connectivity index (χ0) is 17.5. The van der Waals surface area contributed by atoms with Gasteiger partial charge in [-0.3, -0.25) is 4.79 Å². The predicted molar refractivity (Wildman–Crippen MR) is 96.2 cm³/mol. The molecule has 0 heterocycles. The van der Waals surface area contributed by atoms with Gasteiger partial charge in [0.15, 0.2) is 0 Å². The molecule has 0 unspecified atom stereocenters. The molecule has 0 bridgehead atoms. The van der Waals surface area contributed by atoms with Crippen molar-refractivity contribution in [2.24, 2.45) is 0 Å². The third-order valence-corrected chi connectivity index (χ3v) is 3.72. The van der Waals surface area contributed by atoms with E-state index in [1.807, 2.05) is 6.26 Å². The van der Waals surface area contributed by atoms with Crippen molar-refractivity contribution in [3.63, 3.8) is 0 Å². The van der Waals surface area contributed by atoms with Crippen LogP contribution in [0.3, 0.4) is 0 Å². The van der Waals surface area contributed by atoms with Crippen LogP contribution in [-0.4, -0.2) is 35.7 Å². The number of para-hydroxylation sites is 1. The molecule has 0 aliphatic carbocycles. The Morgan fingerprint density at radius 3 is 2.52 bits per heavy atom. The Morgan fingerprint density at radius 1 is 1.30 bits per heavy atom. The Labute approximate surface area is 146 Å². The summed E-state index contributed by atoms with van der Waals surface area (Å²) in [7, 11) is 0. The number of anilines is 1. The number of carbonyl (C=O) groups excluding carboxylic acids is 2. The van der Waals surface area contributed by atoms with E-state index in [0.29, 0.717) is 17.1 Å². The molecule has 0 aromatic heterocycles. The summed E-state index contributed by atoms with van der Waals surface area (Å²) in [4.78, 5) is 24.3. The number of amides is 2. The maximum atomic E-state index is 12.4. The van der Waals surface area contributed by atoms with E-state index in [0.717, 1.165) is 5.75 Å². The van der Waals surface area contributed by atoms with E-state index in [-0.39, 0.29) is 5.91 Å². The minimum atomic E-state index is -0.687. The lowest BCUT2D eigenvalue weighted by Gasteiger charge is -2.23. The van der Waals surface area contributed by atoms with Gasteiger partial charge in [0.2, 0.25) is 5.91 Å². The molecule has 2 amide bonds. The molecule has 0 radical (unpaired) electrons. The van der Waals surface area contributed by atoms with Gasteiger partial charge < -0.3 is 15.4 Å². The standard InChI is InChI=1S/C16H23ClN2O3S/c1-16(2,3)22-15(21)19-13(9-10-23-4)14(20)18-12-8-6-5-7-11(12)17/h5-8,13H,9-10H2,1-4H3,(H,18,20)(H,19,21)/t13-/m0/s1. The smallest absolute Gasteiger partial charge is 0.408 e. The van der Waals surface area contributed by atoms with E-state index < -0.39 is 17.7 Å². The van der Waals surface area contributed by atoms with Gasteiger partial charge >= 0.3 is 6.09 Å². The van der Waals surface area contributed by atoms with Crippen molar-refractivity contribution in [3.05, 3.63) is 29.3 Å². The van der Waals surface area contributed by atoms with Crippen molar-refractivity contribution in [1.29, 1.82) is 0 Å². The third kappa shape index (κ3) is 7.61. The third-order valence-electron chi connectivity index (χ3n) is 2.75. The Morgan fingerprint density at radius 2 is 1.96 bits per heavy atom. The highest BCUT2D eigenvalue weighted by molar-refractivity contribution is 7.98. The van der Waals surface area contributed by atoms with Crippen LogP contribution in [0.15, 0.2) is 24.3 Å². The fourth-order valence-corrected chi connectivity index (χ4v) is 2.39. The van der Waals surface area contributed by atoms with Gasteiger partial charge in [0, 0.05) is 0 Å². The number of benzene rings is 1. The van der Waals surface area contributed by atoms with Crippen molar-refractivity contribution in [2.75, 3.05) is 17.3 Å². The minimum absolute atomic E-state index is 0.321. The zero-order valence-corrected chi connectivity index (χ0v) is 15.4. The Kier molecular flexibility index (Phi) is 7.72. The molecule has 0 saturated heterocycles. The highest BCUT2D eigenvalue weighted by atomic mass is 35.5. The summed E-state index contributed by atoms with van der Waals surface area (Å²) in [6.45, 7) is 5.31. The van der Waals surface area contributed by atoms with Crippen LogP contribution < -0.4 is 10.6 Å². The molecule has 0 aliphatic heterocycles. The molecule has 0 fully saturated rings. The molecule has 1 aromatic rings. The van der Waals surface area contributed by atoms with Gasteiger partial charge in [-0.2, -0.15) is 11.8 Å². The van der Waals surface area contributed by atoms with Crippen molar-refractivity contribution >= 4 is 41.1 Å². The molecule has 5 nitrogen and oxygen atoms in total. The number of ether oxygens (including phenoxy) is 1. The molecule has 1 atom stereocenters. The number of carbonyl (C=O) groups is 2. The molecule has 128 valence electrons. The van der Waals surface area contributed by atoms with Crippen molar-refractivity contribution in [3.8, 4) is 0 Å². The van der Waals surface area contributed by atoms with Crippen molar-refractivity contribution in [2.45, 2.75) is 38.8 Å². The number of rotatable bonds is 6. The average molecular weight is 359 g/mol. The highest BCUT2D eigenvalue weighted by Crippen LogP contribution is 2.21. The summed E-state index contributed by atoms with van der Waals surface area (Å²) in [6.07, 6.45) is 1.82. The lowest BCUT2D eigenvalue weighted by atomic mass is 10.2. The van der Waals surface area contributed by atoms with E-state index >= 15 is 0 Å². The number of hydrogen-bond donors (Lipinski definition) is 2. The minimum Gasteiger partial charge on any atom is -0.444 e. The molecule has 2 N–H and O–H groups in total. The van der Waals surface area contributed by atoms with Crippen LogP contribution in [0.5, 0.6) is 0 Å². The monoisotopic (exact) mass is 358 g/mol. The average Bonchev–Trinajstić information content (AvgIpc) is 2.43. The van der Waals surface area contributed by atoms with Crippen LogP contribution in [-0.2, 0) is 9.53 Å². The molecule has 1 aromatic carbocycles. The molecule has 23 heavy (non-hydrogen) atoms. The lowest BCUT2D eigenvalue weighted by molar-refractivity contribution is -0.118. The van der Waals surface area contributed by atoms with Crippen LogP contribution in [0.25, 0.3) is 0 Å². The normalized spacial score (nSPS) is 12.4. The van der Waals surface area contributed by atoms with Crippen LogP contribution in [0.1, 0.15) is 27.2 Å². The number of halogens is 1. The number of thioether (sulfide) groups is 1. The summed E-state index contributed by atoms with van der Waals surface area (Å²) in [5.74, 6) is 0.411. The lowest BCUT2D eigenvalue weighted by Crippen LogP contribution is -2.46. The van der Waals surface area contributed by atoms with Gasteiger partial charge in [0.1, 0.15) is 11.6 Å².